The molecular weight excluding hydrogens is 514 g/mol. The van der Waals surface area contributed by atoms with Crippen molar-refractivity contribution in [2.45, 2.75) is 64.6 Å². The van der Waals surface area contributed by atoms with Gasteiger partial charge in [-0.2, -0.15) is 0 Å². The van der Waals surface area contributed by atoms with Crippen molar-refractivity contribution in [3.63, 3.8) is 0 Å². The van der Waals surface area contributed by atoms with Gasteiger partial charge in [-0.15, -0.1) is 0 Å². The molecule has 1 aliphatic rings. The minimum atomic E-state index is -0.722. The molecule has 10 nitrogen and oxygen atoms in total. The molecule has 2 aromatic carbocycles. The minimum absolute atomic E-state index is 0.0308. The number of ether oxygens (including phenoxy) is 2. The first kappa shape index (κ1) is 31.1. The fourth-order valence-electron chi connectivity index (χ4n) is 4.50. The number of amides is 3. The summed E-state index contributed by atoms with van der Waals surface area (Å²) in [4.78, 5) is 36.3. The number of aliphatic hydroxyl groups excluding tert-OH is 1. The second-order valence-corrected chi connectivity index (χ2v) is 9.89. The van der Waals surface area contributed by atoms with Crippen LogP contribution in [0.25, 0.3) is 0 Å². The number of nitrogens with zero attached hydrogens (tertiary/aromatic N) is 1. The molecule has 218 valence electrons. The van der Waals surface area contributed by atoms with Gasteiger partial charge in [0.1, 0.15) is 12.4 Å². The summed E-state index contributed by atoms with van der Waals surface area (Å²) in [5, 5.41) is 26.1. The lowest BCUT2D eigenvalue weighted by Crippen LogP contribution is -2.31. The number of aliphatic hydroxyl groups is 1. The van der Waals surface area contributed by atoms with Gasteiger partial charge in [0.2, 0.25) is 0 Å². The molecule has 0 bridgehead atoms. The van der Waals surface area contributed by atoms with Crippen molar-refractivity contribution in [3.8, 4) is 5.75 Å². The number of nitrogens with one attached hydrogen (secondary N) is 2. The number of phenolic OH excluding ortho intramolecular Hbond substituents is 1. The maximum atomic E-state index is 12.0. The number of hydrogen-bond donors (Lipinski definition) is 4. The summed E-state index contributed by atoms with van der Waals surface area (Å²) in [5.41, 5.74) is 2.77. The highest BCUT2D eigenvalue weighted by Crippen LogP contribution is 2.25. The van der Waals surface area contributed by atoms with Crippen LogP contribution in [0, 0.1) is 0 Å². The highest BCUT2D eigenvalue weighted by molar-refractivity contribution is 6.20. The fraction of sp³-hybridized carbons (Fsp3) is 0.500. The molecule has 4 N–H and O–H groups in total. The number of para-hydroxylation sites is 1. The van der Waals surface area contributed by atoms with E-state index in [2.05, 4.69) is 10.6 Å². The Kier molecular flexibility index (Phi) is 12.9. The van der Waals surface area contributed by atoms with Gasteiger partial charge in [-0.25, -0.2) is 9.69 Å². The van der Waals surface area contributed by atoms with E-state index < -0.39 is 12.1 Å². The Bertz CT molecular complexity index is 1110. The number of aryl methyl sites for hydroxylation is 1. The fourth-order valence-corrected chi connectivity index (χ4v) is 4.50. The van der Waals surface area contributed by atoms with Gasteiger partial charge < -0.3 is 30.3 Å². The molecule has 1 aliphatic heterocycles. The van der Waals surface area contributed by atoms with Crippen LogP contribution in [0.1, 0.15) is 68.2 Å². The van der Waals surface area contributed by atoms with E-state index in [9.17, 15) is 24.6 Å². The van der Waals surface area contributed by atoms with Crippen LogP contribution >= 0.6 is 0 Å². The molecule has 3 amide bonds. The second kappa shape index (κ2) is 16.6. The monoisotopic (exact) mass is 555 g/mol. The van der Waals surface area contributed by atoms with E-state index in [1.807, 2.05) is 24.3 Å². The van der Waals surface area contributed by atoms with Crippen LogP contribution in [-0.4, -0.2) is 61.0 Å². The molecule has 0 unspecified atom stereocenters. The molecule has 1 atom stereocenters. The van der Waals surface area contributed by atoms with E-state index in [-0.39, 0.29) is 30.8 Å². The van der Waals surface area contributed by atoms with E-state index >= 15 is 0 Å². The third kappa shape index (κ3) is 9.93. The molecule has 0 aliphatic carbocycles. The molecule has 3 rings (SSSR count). The maximum Gasteiger partial charge on any atom is 0.329 e. The third-order valence-corrected chi connectivity index (χ3v) is 6.71. The number of phenols is 1. The number of rotatable bonds is 18. The Labute approximate surface area is 235 Å². The molecule has 1 heterocycles. The zero-order valence-corrected chi connectivity index (χ0v) is 23.2. The van der Waals surface area contributed by atoms with Crippen LogP contribution in [0.15, 0.2) is 42.5 Å². The number of aromatic hydroxyl groups is 1. The quantitative estimate of drug-likeness (QED) is 0.124. The lowest BCUT2D eigenvalue weighted by atomic mass is 10.1. The number of urea groups is 1. The Balaban J connectivity index is 1.19. The molecule has 0 aromatic heterocycles. The standard InChI is InChI=1S/C30H41N3O7/c1-22(34)40-21-25-18-24(13-14-27(25)35)28(36)19-31-15-7-2-3-8-16-39-17-9-6-11-23-10-4-5-12-26(23)33-29(37)20-32-30(33)38/h4-5,10,12-14,18,28,31,35-36H,2-3,6-9,11,15-17,19-21H2,1H3,(H,32,38)/t28-/m0/s1. The summed E-state index contributed by atoms with van der Waals surface area (Å²) >= 11 is 0. The number of benzene rings is 2. The van der Waals surface area contributed by atoms with Crippen LogP contribution in [0.2, 0.25) is 0 Å². The number of esters is 1. The van der Waals surface area contributed by atoms with E-state index in [4.69, 9.17) is 9.47 Å². The van der Waals surface area contributed by atoms with Crippen LogP contribution in [0.5, 0.6) is 5.75 Å². The van der Waals surface area contributed by atoms with Gasteiger partial charge in [-0.3, -0.25) is 9.59 Å². The van der Waals surface area contributed by atoms with Gasteiger partial charge in [0.15, 0.2) is 0 Å². The SMILES string of the molecule is CC(=O)OCc1cc([C@@H](O)CNCCCCCCOCCCCc2ccccc2N2C(=O)CNC2=O)ccc1O. The lowest BCUT2D eigenvalue weighted by Gasteiger charge is -2.17. The van der Waals surface area contributed by atoms with Crippen LogP contribution < -0.4 is 15.5 Å². The van der Waals surface area contributed by atoms with Crippen LogP contribution in [-0.2, 0) is 32.1 Å². The summed E-state index contributed by atoms with van der Waals surface area (Å²) in [6.45, 7) is 3.92. The summed E-state index contributed by atoms with van der Waals surface area (Å²) in [7, 11) is 0. The summed E-state index contributed by atoms with van der Waals surface area (Å²) < 4.78 is 10.7. The highest BCUT2D eigenvalue weighted by Gasteiger charge is 2.31. The number of unbranched alkanes of at least 4 members (excludes halogenated alkanes) is 4. The summed E-state index contributed by atoms with van der Waals surface area (Å²) in [6, 6.07) is 12.0. The van der Waals surface area contributed by atoms with Crippen molar-refractivity contribution in [2.24, 2.45) is 0 Å². The van der Waals surface area contributed by atoms with E-state index in [1.165, 1.54) is 17.9 Å². The highest BCUT2D eigenvalue weighted by atomic mass is 16.5. The summed E-state index contributed by atoms with van der Waals surface area (Å²) in [5.74, 6) is -0.623. The van der Waals surface area contributed by atoms with Crippen molar-refractivity contribution in [1.29, 1.82) is 0 Å². The molecule has 10 heteroatoms. The van der Waals surface area contributed by atoms with Crippen molar-refractivity contribution in [1.82, 2.24) is 10.6 Å². The molecule has 0 spiro atoms. The number of carbonyl (C=O) groups is 3. The van der Waals surface area contributed by atoms with Gasteiger partial charge in [0.05, 0.1) is 18.3 Å². The largest absolute Gasteiger partial charge is 0.508 e. The lowest BCUT2D eigenvalue weighted by molar-refractivity contribution is -0.142. The first-order valence-corrected chi connectivity index (χ1v) is 14.0. The molecule has 2 aromatic rings. The molecule has 0 radical (unpaired) electrons. The molecule has 0 saturated carbocycles. The smallest absolute Gasteiger partial charge is 0.329 e. The molecule has 40 heavy (non-hydrogen) atoms. The second-order valence-electron chi connectivity index (χ2n) is 9.89. The van der Waals surface area contributed by atoms with E-state index in [0.29, 0.717) is 30.0 Å². The predicted octanol–water partition coefficient (Wildman–Crippen LogP) is 3.73. The summed E-state index contributed by atoms with van der Waals surface area (Å²) in [6.07, 6.45) is 6.01. The maximum absolute atomic E-state index is 12.0. The zero-order chi connectivity index (χ0) is 28.7. The zero-order valence-electron chi connectivity index (χ0n) is 23.2. The Morgan fingerprint density at radius 1 is 1.02 bits per heavy atom. The Hall–Kier alpha value is -3.47. The van der Waals surface area contributed by atoms with Crippen molar-refractivity contribution >= 4 is 23.6 Å². The average Bonchev–Trinajstić information content (AvgIpc) is 3.28. The number of carbonyl (C=O) groups excluding carboxylic acids is 3. The van der Waals surface area contributed by atoms with E-state index in [1.54, 1.807) is 12.1 Å². The molecular formula is C30H41N3O7. The van der Waals surface area contributed by atoms with Crippen LogP contribution in [0.4, 0.5) is 10.5 Å². The molecule has 1 fully saturated rings. The van der Waals surface area contributed by atoms with Gasteiger partial charge >= 0.3 is 12.0 Å². The Morgan fingerprint density at radius 2 is 1.77 bits per heavy atom. The number of anilines is 1. The third-order valence-electron chi connectivity index (χ3n) is 6.71. The van der Waals surface area contributed by atoms with Gasteiger partial charge in [0, 0.05) is 32.2 Å². The van der Waals surface area contributed by atoms with E-state index in [0.717, 1.165) is 63.7 Å². The normalized spacial score (nSPS) is 13.9. The van der Waals surface area contributed by atoms with Gasteiger partial charge in [-0.1, -0.05) is 37.1 Å². The van der Waals surface area contributed by atoms with Crippen molar-refractivity contribution in [2.75, 3.05) is 37.7 Å². The first-order chi connectivity index (χ1) is 19.4. The van der Waals surface area contributed by atoms with Gasteiger partial charge in [-0.05, 0) is 68.0 Å². The first-order valence-electron chi connectivity index (χ1n) is 14.0. The van der Waals surface area contributed by atoms with Crippen molar-refractivity contribution < 1.29 is 34.1 Å². The predicted molar refractivity (Wildman–Crippen MR) is 151 cm³/mol. The van der Waals surface area contributed by atoms with Crippen molar-refractivity contribution in [3.05, 3.63) is 59.2 Å². The van der Waals surface area contributed by atoms with Crippen LogP contribution in [0.3, 0.4) is 0 Å². The Morgan fingerprint density at radius 3 is 2.52 bits per heavy atom. The number of hydrogen-bond acceptors (Lipinski definition) is 8. The average molecular weight is 556 g/mol. The minimum Gasteiger partial charge on any atom is -0.508 e. The van der Waals surface area contributed by atoms with Gasteiger partial charge in [0.25, 0.3) is 5.91 Å². The molecule has 1 saturated heterocycles. The topological polar surface area (TPSA) is 137 Å². The number of imide groups is 1.